The molecule has 9 heteroatoms. The van der Waals surface area contributed by atoms with Gasteiger partial charge in [-0.05, 0) is 68.1 Å². The van der Waals surface area contributed by atoms with Gasteiger partial charge in [0.15, 0.2) is 0 Å². The van der Waals surface area contributed by atoms with E-state index in [2.05, 4.69) is 4.90 Å². The quantitative estimate of drug-likeness (QED) is 0.426. The second-order valence-electron chi connectivity index (χ2n) is 10.0. The van der Waals surface area contributed by atoms with Crippen LogP contribution in [-0.4, -0.2) is 53.5 Å². The first-order chi connectivity index (χ1) is 16.8. The highest BCUT2D eigenvalue weighted by Crippen LogP contribution is 2.40. The number of nitrogens with zero attached hydrogens (tertiary/aromatic N) is 3. The number of hydrogen-bond donors (Lipinski definition) is 0. The largest absolute Gasteiger partial charge is 0.416 e. The number of halogens is 5. The van der Waals surface area contributed by atoms with Crippen LogP contribution in [0, 0.1) is 6.92 Å². The van der Waals surface area contributed by atoms with Gasteiger partial charge in [0.05, 0.1) is 17.6 Å². The predicted octanol–water partition coefficient (Wildman–Crippen LogP) is 6.76. The second kappa shape index (κ2) is 9.65. The monoisotopic (exact) mass is 509 g/mol. The maximum absolute atomic E-state index is 14.1. The molecule has 2 aliphatic rings. The first-order valence-electron chi connectivity index (χ1n) is 12.2. The number of hydrogen-bond acceptors (Lipinski definition) is 2. The maximum atomic E-state index is 14.1. The van der Waals surface area contributed by atoms with Crippen LogP contribution in [0.2, 0.25) is 0 Å². The van der Waals surface area contributed by atoms with E-state index in [-0.39, 0.29) is 23.7 Å². The summed E-state index contributed by atoms with van der Waals surface area (Å²) in [7, 11) is 1.52. The van der Waals surface area contributed by atoms with Crippen molar-refractivity contribution in [2.45, 2.75) is 63.8 Å². The molecule has 2 aromatic carbocycles. The third kappa shape index (κ3) is 5.08. The van der Waals surface area contributed by atoms with E-state index in [0.29, 0.717) is 19.5 Å². The summed E-state index contributed by atoms with van der Waals surface area (Å²) in [6.45, 7) is 6.31. The molecule has 2 aromatic rings. The molecule has 2 fully saturated rings. The Labute approximate surface area is 208 Å². The molecule has 0 aromatic heterocycles. The first-order valence-corrected chi connectivity index (χ1v) is 12.2. The summed E-state index contributed by atoms with van der Waals surface area (Å²) < 4.78 is 68.7. The number of urea groups is 1. The summed E-state index contributed by atoms with van der Waals surface area (Å²) in [5.74, 6) is -3.45. The van der Waals surface area contributed by atoms with E-state index in [0.717, 1.165) is 49.2 Å². The van der Waals surface area contributed by atoms with Crippen LogP contribution in [0.4, 0.5) is 26.7 Å². The highest BCUT2D eigenvalue weighted by molar-refractivity contribution is 5.76. The standard InChI is InChI=1S/C27H32F5N3O/c1-17-8-5-6-9-22(17)24-23-10-7-11-34(23)12-13-35(24)25(36)33(4)18(2)19-14-20(26(3,28)29)16-21(15-19)27(30,31)32/h5-6,8-9,14-16,18,23-24H,7,10-13H2,1-4H3. The van der Waals surface area contributed by atoms with Crippen LogP contribution in [-0.2, 0) is 12.1 Å². The van der Waals surface area contributed by atoms with Gasteiger partial charge in [0.1, 0.15) is 0 Å². The van der Waals surface area contributed by atoms with Crippen LogP contribution < -0.4 is 0 Å². The molecule has 0 aliphatic carbocycles. The van der Waals surface area contributed by atoms with Crippen LogP contribution in [0.3, 0.4) is 0 Å². The van der Waals surface area contributed by atoms with Crippen molar-refractivity contribution in [2.75, 3.05) is 26.7 Å². The molecule has 0 N–H and O–H groups in total. The van der Waals surface area contributed by atoms with Gasteiger partial charge in [0.2, 0.25) is 0 Å². The van der Waals surface area contributed by atoms with Crippen LogP contribution in [0.5, 0.6) is 0 Å². The minimum Gasteiger partial charge on any atom is -0.321 e. The molecule has 4 rings (SSSR count). The number of carbonyl (C=O) groups is 1. The van der Waals surface area contributed by atoms with Gasteiger partial charge in [-0.15, -0.1) is 0 Å². The number of fused-ring (bicyclic) bond motifs is 1. The van der Waals surface area contributed by atoms with E-state index in [1.807, 2.05) is 31.2 Å². The van der Waals surface area contributed by atoms with Crippen LogP contribution in [0.15, 0.2) is 42.5 Å². The number of rotatable bonds is 4. The summed E-state index contributed by atoms with van der Waals surface area (Å²) in [6.07, 6.45) is -2.79. The molecule has 0 bridgehead atoms. The van der Waals surface area contributed by atoms with Crippen molar-refractivity contribution >= 4 is 6.03 Å². The zero-order chi connectivity index (χ0) is 26.4. The zero-order valence-electron chi connectivity index (χ0n) is 20.9. The van der Waals surface area contributed by atoms with Gasteiger partial charge in [0, 0.05) is 38.7 Å². The lowest BCUT2D eigenvalue weighted by Gasteiger charge is -2.47. The summed E-state index contributed by atoms with van der Waals surface area (Å²) in [4.78, 5) is 19.4. The van der Waals surface area contributed by atoms with Gasteiger partial charge in [-0.25, -0.2) is 13.6 Å². The molecule has 0 saturated carbocycles. The smallest absolute Gasteiger partial charge is 0.321 e. The Morgan fingerprint density at radius 1 is 1.03 bits per heavy atom. The molecule has 36 heavy (non-hydrogen) atoms. The third-order valence-electron chi connectivity index (χ3n) is 7.65. The molecule has 2 amide bonds. The minimum atomic E-state index is -4.78. The molecule has 2 saturated heterocycles. The molecular weight excluding hydrogens is 477 g/mol. The van der Waals surface area contributed by atoms with Crippen molar-refractivity contribution in [3.8, 4) is 0 Å². The van der Waals surface area contributed by atoms with Gasteiger partial charge in [-0.3, -0.25) is 4.90 Å². The topological polar surface area (TPSA) is 26.8 Å². The molecule has 2 heterocycles. The SMILES string of the molecule is Cc1ccccc1C1C2CCCN2CCN1C(=O)N(C)C(C)c1cc(C(C)(F)F)cc(C(F)(F)F)c1. The Kier molecular flexibility index (Phi) is 7.07. The Hall–Kier alpha value is -2.68. The first kappa shape index (κ1) is 26.4. The fraction of sp³-hybridized carbons (Fsp3) is 0.519. The fourth-order valence-electron chi connectivity index (χ4n) is 5.48. The van der Waals surface area contributed by atoms with E-state index < -0.39 is 29.3 Å². The summed E-state index contributed by atoms with van der Waals surface area (Å²) in [6, 6.07) is 9.11. The van der Waals surface area contributed by atoms with Gasteiger partial charge in [-0.1, -0.05) is 24.3 Å². The number of amides is 2. The highest BCUT2D eigenvalue weighted by atomic mass is 19.4. The van der Waals surface area contributed by atoms with Gasteiger partial charge in [0.25, 0.3) is 5.92 Å². The molecular formula is C27H32F5N3O. The van der Waals surface area contributed by atoms with Crippen LogP contribution in [0.25, 0.3) is 0 Å². The van der Waals surface area contributed by atoms with E-state index in [1.165, 1.54) is 11.9 Å². The lowest BCUT2D eigenvalue weighted by Crippen LogP contribution is -2.56. The second-order valence-corrected chi connectivity index (χ2v) is 10.0. The van der Waals surface area contributed by atoms with Crippen LogP contribution in [0.1, 0.15) is 66.6 Å². The number of aryl methyl sites for hydroxylation is 1. The lowest BCUT2D eigenvalue weighted by molar-refractivity contribution is -0.137. The third-order valence-corrected chi connectivity index (χ3v) is 7.65. The van der Waals surface area contributed by atoms with E-state index in [9.17, 15) is 26.7 Å². The molecule has 0 radical (unpaired) electrons. The van der Waals surface area contributed by atoms with Crippen molar-refractivity contribution in [2.24, 2.45) is 0 Å². The summed E-state index contributed by atoms with van der Waals surface area (Å²) in [5, 5.41) is 0. The number of alkyl halides is 5. The molecule has 2 aliphatic heterocycles. The predicted molar refractivity (Wildman–Crippen MR) is 128 cm³/mol. The van der Waals surface area contributed by atoms with Crippen molar-refractivity contribution in [1.82, 2.24) is 14.7 Å². The Balaban J connectivity index is 1.68. The summed E-state index contributed by atoms with van der Waals surface area (Å²) >= 11 is 0. The number of benzene rings is 2. The van der Waals surface area contributed by atoms with E-state index in [4.69, 9.17) is 0 Å². The van der Waals surface area contributed by atoms with Crippen molar-refractivity contribution in [1.29, 1.82) is 0 Å². The zero-order valence-corrected chi connectivity index (χ0v) is 20.9. The van der Waals surface area contributed by atoms with Gasteiger partial charge >= 0.3 is 12.2 Å². The van der Waals surface area contributed by atoms with Crippen molar-refractivity contribution in [3.63, 3.8) is 0 Å². The molecule has 4 nitrogen and oxygen atoms in total. The maximum Gasteiger partial charge on any atom is 0.416 e. The average molecular weight is 510 g/mol. The molecule has 196 valence electrons. The Morgan fingerprint density at radius 3 is 2.33 bits per heavy atom. The number of piperazine rings is 1. The van der Waals surface area contributed by atoms with E-state index >= 15 is 0 Å². The van der Waals surface area contributed by atoms with Crippen molar-refractivity contribution < 1.29 is 26.7 Å². The van der Waals surface area contributed by atoms with Gasteiger partial charge in [-0.2, -0.15) is 13.2 Å². The normalized spacial score (nSPS) is 21.9. The Bertz CT molecular complexity index is 1080. The number of carbonyl (C=O) groups excluding carboxylic acids is 1. The molecule has 3 unspecified atom stereocenters. The fourth-order valence-corrected chi connectivity index (χ4v) is 5.48. The van der Waals surface area contributed by atoms with Crippen LogP contribution >= 0.6 is 0 Å². The summed E-state index contributed by atoms with van der Waals surface area (Å²) in [5.41, 5.74) is 0.260. The van der Waals surface area contributed by atoms with Gasteiger partial charge < -0.3 is 9.80 Å². The minimum absolute atomic E-state index is 0.0177. The Morgan fingerprint density at radius 2 is 1.69 bits per heavy atom. The van der Waals surface area contributed by atoms with Crippen molar-refractivity contribution in [3.05, 3.63) is 70.3 Å². The van der Waals surface area contributed by atoms with E-state index in [1.54, 1.807) is 11.8 Å². The lowest BCUT2D eigenvalue weighted by atomic mass is 9.90. The highest BCUT2D eigenvalue weighted by Gasteiger charge is 2.44. The molecule has 3 atom stereocenters. The average Bonchev–Trinajstić information content (AvgIpc) is 3.30. The molecule has 0 spiro atoms.